The van der Waals surface area contributed by atoms with Crippen LogP contribution >= 0.6 is 0 Å². The summed E-state index contributed by atoms with van der Waals surface area (Å²) in [6.45, 7) is 9.06. The van der Waals surface area contributed by atoms with E-state index in [0.717, 1.165) is 31.7 Å². The second kappa shape index (κ2) is 6.01. The summed E-state index contributed by atoms with van der Waals surface area (Å²) < 4.78 is 7.50. The number of imidazole rings is 1. The van der Waals surface area contributed by atoms with Gasteiger partial charge in [-0.15, -0.1) is 0 Å². The van der Waals surface area contributed by atoms with E-state index >= 15 is 0 Å². The van der Waals surface area contributed by atoms with Crippen LogP contribution in [-0.2, 0) is 17.8 Å². The largest absolute Gasteiger partial charge is 0.379 e. The highest BCUT2D eigenvalue weighted by Gasteiger charge is 2.15. The monoisotopic (exact) mass is 225 g/mol. The Kier molecular flexibility index (Phi) is 4.96. The van der Waals surface area contributed by atoms with Crippen molar-refractivity contribution in [3.05, 3.63) is 18.2 Å². The fraction of sp³-hybridized carbons (Fsp3) is 0.750. The molecule has 0 spiro atoms. The molecule has 0 saturated heterocycles. The predicted molar refractivity (Wildman–Crippen MR) is 65.3 cm³/mol. The van der Waals surface area contributed by atoms with Gasteiger partial charge in [0.05, 0.1) is 17.6 Å². The number of aryl methyl sites for hydroxylation is 1. The van der Waals surface area contributed by atoms with Crippen LogP contribution in [0.2, 0.25) is 0 Å². The molecule has 0 amide bonds. The van der Waals surface area contributed by atoms with Crippen LogP contribution < -0.4 is 5.32 Å². The Labute approximate surface area is 98.0 Å². The van der Waals surface area contributed by atoms with Gasteiger partial charge in [0.25, 0.3) is 0 Å². The minimum Gasteiger partial charge on any atom is -0.379 e. The van der Waals surface area contributed by atoms with Crippen molar-refractivity contribution in [1.82, 2.24) is 14.9 Å². The van der Waals surface area contributed by atoms with E-state index in [1.54, 1.807) is 7.11 Å². The molecule has 0 atom stereocenters. The summed E-state index contributed by atoms with van der Waals surface area (Å²) in [5.74, 6) is 0. The third-order valence-electron chi connectivity index (χ3n) is 2.77. The first-order valence-electron chi connectivity index (χ1n) is 5.84. The van der Waals surface area contributed by atoms with Gasteiger partial charge in [0.1, 0.15) is 0 Å². The predicted octanol–water partition coefficient (Wildman–Crippen LogP) is 1.81. The maximum Gasteiger partial charge on any atom is 0.0949 e. The molecule has 0 unspecified atom stereocenters. The zero-order valence-electron chi connectivity index (χ0n) is 10.8. The number of rotatable bonds is 7. The van der Waals surface area contributed by atoms with Crippen molar-refractivity contribution >= 4 is 0 Å². The molecule has 0 aromatic carbocycles. The minimum absolute atomic E-state index is 0.0634. The molecule has 1 N–H and O–H groups in total. The van der Waals surface area contributed by atoms with Gasteiger partial charge >= 0.3 is 0 Å². The SMILES string of the molecule is CCNCc1cn(CCC(C)(C)OC)cn1. The number of nitrogens with one attached hydrogen (secondary N) is 1. The summed E-state index contributed by atoms with van der Waals surface area (Å²) in [5, 5.41) is 3.26. The van der Waals surface area contributed by atoms with Gasteiger partial charge in [0.2, 0.25) is 0 Å². The van der Waals surface area contributed by atoms with E-state index in [4.69, 9.17) is 4.74 Å². The highest BCUT2D eigenvalue weighted by Crippen LogP contribution is 2.14. The van der Waals surface area contributed by atoms with Crippen LogP contribution in [0.3, 0.4) is 0 Å². The lowest BCUT2D eigenvalue weighted by Crippen LogP contribution is -2.24. The highest BCUT2D eigenvalue weighted by molar-refractivity contribution is 4.96. The van der Waals surface area contributed by atoms with Crippen molar-refractivity contribution in [3.63, 3.8) is 0 Å². The third-order valence-corrected chi connectivity index (χ3v) is 2.77. The van der Waals surface area contributed by atoms with Gasteiger partial charge in [-0.2, -0.15) is 0 Å². The molecule has 0 aliphatic rings. The summed E-state index contributed by atoms with van der Waals surface area (Å²) in [4.78, 5) is 4.34. The van der Waals surface area contributed by atoms with Gasteiger partial charge in [0.15, 0.2) is 0 Å². The zero-order valence-corrected chi connectivity index (χ0v) is 10.8. The molecule has 0 aliphatic heterocycles. The van der Waals surface area contributed by atoms with Crippen molar-refractivity contribution in [1.29, 1.82) is 0 Å². The molecule has 0 saturated carbocycles. The first kappa shape index (κ1) is 13.2. The Morgan fingerprint density at radius 2 is 2.25 bits per heavy atom. The molecule has 0 radical (unpaired) electrons. The molecule has 92 valence electrons. The molecular formula is C12H23N3O. The number of nitrogens with zero attached hydrogens (tertiary/aromatic N) is 2. The molecule has 0 fully saturated rings. The van der Waals surface area contributed by atoms with Crippen LogP contribution in [0.1, 0.15) is 32.9 Å². The maximum absolute atomic E-state index is 5.39. The van der Waals surface area contributed by atoms with Gasteiger partial charge < -0.3 is 14.6 Å². The molecule has 16 heavy (non-hydrogen) atoms. The van der Waals surface area contributed by atoms with E-state index in [1.165, 1.54) is 0 Å². The molecule has 1 aromatic rings. The van der Waals surface area contributed by atoms with E-state index in [2.05, 4.69) is 41.8 Å². The topological polar surface area (TPSA) is 39.1 Å². The molecule has 1 aromatic heterocycles. The van der Waals surface area contributed by atoms with Gasteiger partial charge in [-0.1, -0.05) is 6.92 Å². The van der Waals surface area contributed by atoms with Crippen LogP contribution in [0.25, 0.3) is 0 Å². The van der Waals surface area contributed by atoms with Gasteiger partial charge in [-0.05, 0) is 26.8 Å². The van der Waals surface area contributed by atoms with Crippen LogP contribution in [0.4, 0.5) is 0 Å². The van der Waals surface area contributed by atoms with Crippen LogP contribution in [0, 0.1) is 0 Å². The van der Waals surface area contributed by atoms with E-state index < -0.39 is 0 Å². The first-order chi connectivity index (χ1) is 7.57. The lowest BCUT2D eigenvalue weighted by molar-refractivity contribution is 0.0120. The molecule has 1 heterocycles. The van der Waals surface area contributed by atoms with Crippen molar-refractivity contribution in [2.45, 2.75) is 45.9 Å². The molecule has 4 nitrogen and oxygen atoms in total. The Bertz CT molecular complexity index is 307. The average molecular weight is 225 g/mol. The summed E-state index contributed by atoms with van der Waals surface area (Å²) in [5.41, 5.74) is 1.03. The summed E-state index contributed by atoms with van der Waals surface area (Å²) in [6, 6.07) is 0. The third kappa shape index (κ3) is 4.33. The number of aromatic nitrogens is 2. The summed E-state index contributed by atoms with van der Waals surface area (Å²) in [7, 11) is 1.75. The van der Waals surface area contributed by atoms with Crippen molar-refractivity contribution in [2.24, 2.45) is 0 Å². The lowest BCUT2D eigenvalue weighted by atomic mass is 10.1. The molecule has 4 heteroatoms. The summed E-state index contributed by atoms with van der Waals surface area (Å²) >= 11 is 0. The second-order valence-electron chi connectivity index (χ2n) is 4.60. The van der Waals surface area contributed by atoms with Gasteiger partial charge in [-0.25, -0.2) is 4.98 Å². The summed E-state index contributed by atoms with van der Waals surface area (Å²) in [6.07, 6.45) is 4.97. The van der Waals surface area contributed by atoms with E-state index in [1.807, 2.05) is 6.33 Å². The molecular weight excluding hydrogens is 202 g/mol. The fourth-order valence-electron chi connectivity index (χ4n) is 1.37. The Morgan fingerprint density at radius 3 is 2.88 bits per heavy atom. The van der Waals surface area contributed by atoms with E-state index in [-0.39, 0.29) is 5.60 Å². The average Bonchev–Trinajstić information content (AvgIpc) is 2.72. The molecule has 1 rings (SSSR count). The standard InChI is InChI=1S/C12H23N3O/c1-5-13-8-11-9-15(10-14-11)7-6-12(2,3)16-4/h9-10,13H,5-8H2,1-4H3. The van der Waals surface area contributed by atoms with Crippen molar-refractivity contribution < 1.29 is 4.74 Å². The quantitative estimate of drug-likeness (QED) is 0.769. The first-order valence-corrected chi connectivity index (χ1v) is 5.84. The minimum atomic E-state index is -0.0634. The maximum atomic E-state index is 5.39. The van der Waals surface area contributed by atoms with Crippen molar-refractivity contribution in [2.75, 3.05) is 13.7 Å². The Morgan fingerprint density at radius 1 is 1.50 bits per heavy atom. The number of methoxy groups -OCH3 is 1. The van der Waals surface area contributed by atoms with Crippen molar-refractivity contribution in [3.8, 4) is 0 Å². The van der Waals surface area contributed by atoms with E-state index in [9.17, 15) is 0 Å². The number of hydrogen-bond acceptors (Lipinski definition) is 3. The normalized spacial score (nSPS) is 12.0. The Hall–Kier alpha value is -0.870. The second-order valence-corrected chi connectivity index (χ2v) is 4.60. The zero-order chi connectivity index (χ0) is 12.0. The lowest BCUT2D eigenvalue weighted by Gasteiger charge is -2.22. The van der Waals surface area contributed by atoms with E-state index in [0.29, 0.717) is 0 Å². The van der Waals surface area contributed by atoms with Crippen LogP contribution in [-0.4, -0.2) is 28.8 Å². The molecule has 0 bridgehead atoms. The van der Waals surface area contributed by atoms with Crippen LogP contribution in [0.5, 0.6) is 0 Å². The fourth-order valence-corrected chi connectivity index (χ4v) is 1.37. The van der Waals surface area contributed by atoms with Gasteiger partial charge in [-0.3, -0.25) is 0 Å². The Balaban J connectivity index is 2.40. The number of ether oxygens (including phenoxy) is 1. The van der Waals surface area contributed by atoms with Crippen LogP contribution in [0.15, 0.2) is 12.5 Å². The smallest absolute Gasteiger partial charge is 0.0949 e. The van der Waals surface area contributed by atoms with Gasteiger partial charge in [0, 0.05) is 26.4 Å². The molecule has 0 aliphatic carbocycles. The number of hydrogen-bond donors (Lipinski definition) is 1. The highest BCUT2D eigenvalue weighted by atomic mass is 16.5.